The summed E-state index contributed by atoms with van der Waals surface area (Å²) in [6.45, 7) is 1.73. The van der Waals surface area contributed by atoms with E-state index in [0.717, 1.165) is 17.7 Å². The van der Waals surface area contributed by atoms with Gasteiger partial charge in [-0.2, -0.15) is 0 Å². The Morgan fingerprint density at radius 1 is 1.06 bits per heavy atom. The first kappa shape index (κ1) is 12.2. The maximum atomic E-state index is 13.8. The summed E-state index contributed by atoms with van der Waals surface area (Å²) in [6.07, 6.45) is 0. The summed E-state index contributed by atoms with van der Waals surface area (Å²) in [7, 11) is 0. The number of aryl methyl sites for hydroxylation is 1. The molecular weight excluding hydrogens is 238 g/mol. The molecule has 0 fully saturated rings. The second-order valence-corrected chi connectivity index (χ2v) is 3.98. The largest absolute Gasteiger partial charge is 0.478 e. The molecule has 0 amide bonds. The van der Waals surface area contributed by atoms with Crippen LogP contribution < -0.4 is 0 Å². The summed E-state index contributed by atoms with van der Waals surface area (Å²) in [5.74, 6) is -2.47. The number of hydrogen-bond acceptors (Lipinski definition) is 1. The highest BCUT2D eigenvalue weighted by molar-refractivity contribution is 5.96. The third kappa shape index (κ3) is 2.22. The molecule has 0 saturated heterocycles. The van der Waals surface area contributed by atoms with Gasteiger partial charge in [0.05, 0.1) is 5.56 Å². The van der Waals surface area contributed by atoms with Gasteiger partial charge in [-0.15, -0.1) is 0 Å². The van der Waals surface area contributed by atoms with Gasteiger partial charge < -0.3 is 5.11 Å². The summed E-state index contributed by atoms with van der Waals surface area (Å²) in [4.78, 5) is 11.0. The Hall–Kier alpha value is -2.23. The lowest BCUT2D eigenvalue weighted by Gasteiger charge is -2.08. The molecule has 0 aromatic heterocycles. The van der Waals surface area contributed by atoms with Crippen LogP contribution >= 0.6 is 0 Å². The van der Waals surface area contributed by atoms with E-state index < -0.39 is 17.6 Å². The van der Waals surface area contributed by atoms with Gasteiger partial charge in [0.2, 0.25) is 0 Å². The van der Waals surface area contributed by atoms with Crippen LogP contribution in [0.15, 0.2) is 36.4 Å². The number of halogens is 2. The van der Waals surface area contributed by atoms with E-state index in [4.69, 9.17) is 5.11 Å². The molecule has 0 aliphatic carbocycles. The molecule has 0 atom stereocenters. The van der Waals surface area contributed by atoms with Crippen molar-refractivity contribution in [3.05, 3.63) is 59.2 Å². The van der Waals surface area contributed by atoms with Gasteiger partial charge in [-0.25, -0.2) is 13.6 Å². The molecule has 0 bridgehead atoms. The lowest BCUT2D eigenvalue weighted by atomic mass is 9.98. The lowest BCUT2D eigenvalue weighted by molar-refractivity contribution is 0.0697. The molecule has 0 unspecified atom stereocenters. The third-order valence-electron chi connectivity index (χ3n) is 2.63. The first-order valence-electron chi connectivity index (χ1n) is 5.28. The van der Waals surface area contributed by atoms with E-state index >= 15 is 0 Å². The molecule has 2 aromatic carbocycles. The van der Waals surface area contributed by atoms with Crippen molar-refractivity contribution in [1.82, 2.24) is 0 Å². The van der Waals surface area contributed by atoms with Crippen LogP contribution in [0.2, 0.25) is 0 Å². The van der Waals surface area contributed by atoms with Gasteiger partial charge in [-0.3, -0.25) is 0 Å². The third-order valence-corrected chi connectivity index (χ3v) is 2.63. The van der Waals surface area contributed by atoms with Gasteiger partial charge in [0, 0.05) is 5.56 Å². The zero-order chi connectivity index (χ0) is 13.3. The maximum absolute atomic E-state index is 13.8. The van der Waals surface area contributed by atoms with E-state index in [9.17, 15) is 13.6 Å². The molecule has 2 aromatic rings. The van der Waals surface area contributed by atoms with Gasteiger partial charge in [-0.1, -0.05) is 18.2 Å². The second kappa shape index (κ2) is 4.56. The highest BCUT2D eigenvalue weighted by Gasteiger charge is 2.15. The van der Waals surface area contributed by atoms with Gasteiger partial charge in [-0.05, 0) is 36.2 Å². The molecule has 0 radical (unpaired) electrons. The first-order chi connectivity index (χ1) is 8.49. The lowest BCUT2D eigenvalue weighted by Crippen LogP contribution is -2.01. The Morgan fingerprint density at radius 3 is 2.33 bits per heavy atom. The summed E-state index contributed by atoms with van der Waals surface area (Å²) < 4.78 is 26.8. The standard InChI is InChI=1S/C14H10F2O2/c1-8-2-4-11(13(16)6-8)10-5-3-9(15)7-12(10)14(17)18/h2-7H,1H3,(H,17,18). The molecule has 92 valence electrons. The van der Waals surface area contributed by atoms with Crippen LogP contribution in [-0.4, -0.2) is 11.1 Å². The molecule has 0 saturated carbocycles. The molecule has 4 heteroatoms. The van der Waals surface area contributed by atoms with Gasteiger partial charge >= 0.3 is 5.97 Å². The maximum Gasteiger partial charge on any atom is 0.336 e. The summed E-state index contributed by atoms with van der Waals surface area (Å²) in [5.41, 5.74) is 0.799. The van der Waals surface area contributed by atoms with Gasteiger partial charge in [0.15, 0.2) is 0 Å². The molecule has 0 aliphatic heterocycles. The number of carboxylic acids is 1. The molecule has 2 rings (SSSR count). The molecule has 2 nitrogen and oxygen atoms in total. The molecular formula is C14H10F2O2. The Morgan fingerprint density at radius 2 is 1.72 bits per heavy atom. The predicted octanol–water partition coefficient (Wildman–Crippen LogP) is 3.64. The first-order valence-corrected chi connectivity index (χ1v) is 5.28. The van der Waals surface area contributed by atoms with E-state index in [2.05, 4.69) is 0 Å². The van der Waals surface area contributed by atoms with Crippen molar-refractivity contribution in [2.75, 3.05) is 0 Å². The van der Waals surface area contributed by atoms with Crippen LogP contribution in [0.1, 0.15) is 15.9 Å². The van der Waals surface area contributed by atoms with E-state index in [-0.39, 0.29) is 16.7 Å². The van der Waals surface area contributed by atoms with Crippen molar-refractivity contribution in [1.29, 1.82) is 0 Å². The average Bonchev–Trinajstić information content (AvgIpc) is 2.29. The SMILES string of the molecule is Cc1ccc(-c2ccc(F)cc2C(=O)O)c(F)c1. The van der Waals surface area contributed by atoms with Crippen LogP contribution in [0, 0.1) is 18.6 Å². The predicted molar refractivity (Wildman–Crippen MR) is 63.5 cm³/mol. The van der Waals surface area contributed by atoms with E-state index in [1.807, 2.05) is 0 Å². The van der Waals surface area contributed by atoms with Crippen molar-refractivity contribution >= 4 is 5.97 Å². The number of carbonyl (C=O) groups is 1. The van der Waals surface area contributed by atoms with Gasteiger partial charge in [0.25, 0.3) is 0 Å². The van der Waals surface area contributed by atoms with Crippen molar-refractivity contribution in [2.45, 2.75) is 6.92 Å². The zero-order valence-electron chi connectivity index (χ0n) is 9.58. The molecule has 1 N–H and O–H groups in total. The quantitative estimate of drug-likeness (QED) is 0.880. The Labute approximate surface area is 103 Å². The van der Waals surface area contributed by atoms with Crippen LogP contribution in [0.25, 0.3) is 11.1 Å². The monoisotopic (exact) mass is 248 g/mol. The Bertz CT molecular complexity index is 621. The smallest absolute Gasteiger partial charge is 0.336 e. The number of hydrogen-bond donors (Lipinski definition) is 1. The van der Waals surface area contributed by atoms with Crippen molar-refractivity contribution < 1.29 is 18.7 Å². The normalized spacial score (nSPS) is 10.4. The molecule has 0 spiro atoms. The van der Waals surface area contributed by atoms with Crippen LogP contribution in [0.5, 0.6) is 0 Å². The van der Waals surface area contributed by atoms with Crippen molar-refractivity contribution in [2.24, 2.45) is 0 Å². The van der Waals surface area contributed by atoms with Crippen LogP contribution in [-0.2, 0) is 0 Å². The highest BCUT2D eigenvalue weighted by Crippen LogP contribution is 2.27. The summed E-state index contributed by atoms with van der Waals surface area (Å²) in [5, 5.41) is 9.01. The van der Waals surface area contributed by atoms with E-state index in [1.165, 1.54) is 18.2 Å². The fourth-order valence-electron chi connectivity index (χ4n) is 1.77. The Balaban J connectivity index is 2.67. The topological polar surface area (TPSA) is 37.3 Å². The van der Waals surface area contributed by atoms with Crippen molar-refractivity contribution in [3.8, 4) is 11.1 Å². The number of carboxylic acid groups (broad SMARTS) is 1. The van der Waals surface area contributed by atoms with Crippen LogP contribution in [0.4, 0.5) is 8.78 Å². The second-order valence-electron chi connectivity index (χ2n) is 3.98. The molecule has 0 heterocycles. The van der Waals surface area contributed by atoms with Crippen molar-refractivity contribution in [3.63, 3.8) is 0 Å². The fraction of sp³-hybridized carbons (Fsp3) is 0.0714. The minimum atomic E-state index is -1.29. The number of aromatic carboxylic acids is 1. The summed E-state index contributed by atoms with van der Waals surface area (Å²) >= 11 is 0. The Kier molecular flexibility index (Phi) is 3.10. The highest BCUT2D eigenvalue weighted by atomic mass is 19.1. The average molecular weight is 248 g/mol. The number of rotatable bonds is 2. The van der Waals surface area contributed by atoms with Crippen LogP contribution in [0.3, 0.4) is 0 Å². The molecule has 18 heavy (non-hydrogen) atoms. The summed E-state index contributed by atoms with van der Waals surface area (Å²) in [6, 6.07) is 7.74. The number of benzene rings is 2. The fourth-order valence-corrected chi connectivity index (χ4v) is 1.77. The van der Waals surface area contributed by atoms with E-state index in [0.29, 0.717) is 0 Å². The minimum absolute atomic E-state index is 0.151. The zero-order valence-corrected chi connectivity index (χ0v) is 9.58. The minimum Gasteiger partial charge on any atom is -0.478 e. The van der Waals surface area contributed by atoms with Gasteiger partial charge in [0.1, 0.15) is 11.6 Å². The molecule has 0 aliphatic rings. The van der Waals surface area contributed by atoms with E-state index in [1.54, 1.807) is 13.0 Å².